The van der Waals surface area contributed by atoms with E-state index in [0.29, 0.717) is 18.1 Å². The average molecular weight is 326 g/mol. The minimum atomic E-state index is -0.417. The predicted molar refractivity (Wildman–Crippen MR) is 91.6 cm³/mol. The van der Waals surface area contributed by atoms with E-state index in [2.05, 4.69) is 5.32 Å². The summed E-state index contributed by atoms with van der Waals surface area (Å²) in [6, 6.07) is 0.561. The zero-order valence-corrected chi connectivity index (χ0v) is 15.3. The van der Waals surface area contributed by atoms with Gasteiger partial charge in [-0.2, -0.15) is 0 Å². The van der Waals surface area contributed by atoms with Gasteiger partial charge in [0.2, 0.25) is 0 Å². The summed E-state index contributed by atoms with van der Waals surface area (Å²) in [6.07, 6.45) is 7.27. The minimum Gasteiger partial charge on any atom is -0.444 e. The monoisotopic (exact) mass is 326 g/mol. The molecule has 1 saturated carbocycles. The van der Waals surface area contributed by atoms with Gasteiger partial charge in [-0.05, 0) is 71.8 Å². The first-order valence-corrected chi connectivity index (χ1v) is 9.11. The number of amides is 1. The van der Waals surface area contributed by atoms with Crippen molar-refractivity contribution in [3.63, 3.8) is 0 Å². The number of piperidine rings is 1. The van der Waals surface area contributed by atoms with Crippen LogP contribution in [0.25, 0.3) is 0 Å². The first kappa shape index (κ1) is 18.5. The molecule has 0 spiro atoms. The molecule has 2 aliphatic rings. The Bertz CT molecular complexity index is 381. The van der Waals surface area contributed by atoms with Crippen molar-refractivity contribution >= 4 is 6.09 Å². The number of hydrogen-bond donors (Lipinski definition) is 1. The van der Waals surface area contributed by atoms with E-state index in [-0.39, 0.29) is 6.09 Å². The van der Waals surface area contributed by atoms with Crippen molar-refractivity contribution in [2.24, 2.45) is 5.92 Å². The number of nitrogens with one attached hydrogen (secondary N) is 1. The van der Waals surface area contributed by atoms with Crippen LogP contribution in [0.1, 0.15) is 59.3 Å². The van der Waals surface area contributed by atoms with Gasteiger partial charge >= 0.3 is 6.09 Å². The highest BCUT2D eigenvalue weighted by Gasteiger charge is 2.28. The van der Waals surface area contributed by atoms with Crippen LogP contribution in [-0.4, -0.2) is 55.5 Å². The second kappa shape index (κ2) is 8.34. The zero-order valence-electron chi connectivity index (χ0n) is 15.3. The third-order valence-electron chi connectivity index (χ3n) is 4.83. The third kappa shape index (κ3) is 6.30. The highest BCUT2D eigenvalue weighted by atomic mass is 16.6. The second-order valence-electron chi connectivity index (χ2n) is 8.06. The van der Waals surface area contributed by atoms with Gasteiger partial charge in [0, 0.05) is 26.2 Å². The van der Waals surface area contributed by atoms with Crippen molar-refractivity contribution in [1.29, 1.82) is 0 Å². The lowest BCUT2D eigenvalue weighted by Crippen LogP contribution is -2.46. The Kier molecular flexibility index (Phi) is 6.72. The van der Waals surface area contributed by atoms with E-state index in [1.54, 1.807) is 0 Å². The van der Waals surface area contributed by atoms with Crippen molar-refractivity contribution in [3.8, 4) is 0 Å². The Labute approximate surface area is 141 Å². The van der Waals surface area contributed by atoms with Gasteiger partial charge in [0.05, 0.1) is 6.10 Å². The summed E-state index contributed by atoms with van der Waals surface area (Å²) in [6.45, 7) is 8.37. The van der Waals surface area contributed by atoms with Gasteiger partial charge in [-0.25, -0.2) is 4.79 Å². The molecule has 5 nitrogen and oxygen atoms in total. The molecule has 2 rings (SSSR count). The molecular weight excluding hydrogens is 292 g/mol. The van der Waals surface area contributed by atoms with Gasteiger partial charge in [-0.3, -0.25) is 0 Å². The van der Waals surface area contributed by atoms with Crippen LogP contribution < -0.4 is 5.32 Å². The Morgan fingerprint density at radius 3 is 2.70 bits per heavy atom. The van der Waals surface area contributed by atoms with E-state index < -0.39 is 5.60 Å². The van der Waals surface area contributed by atoms with E-state index in [4.69, 9.17) is 9.47 Å². The maximum absolute atomic E-state index is 12.2. The van der Waals surface area contributed by atoms with Crippen LogP contribution >= 0.6 is 0 Å². The highest BCUT2D eigenvalue weighted by Crippen LogP contribution is 2.22. The van der Waals surface area contributed by atoms with E-state index in [1.807, 2.05) is 32.8 Å². The number of methoxy groups -OCH3 is 1. The summed E-state index contributed by atoms with van der Waals surface area (Å²) in [7, 11) is 1.81. The topological polar surface area (TPSA) is 50.8 Å². The molecule has 23 heavy (non-hydrogen) atoms. The summed E-state index contributed by atoms with van der Waals surface area (Å²) >= 11 is 0. The van der Waals surface area contributed by atoms with Gasteiger partial charge in [0.25, 0.3) is 0 Å². The Morgan fingerprint density at radius 1 is 1.22 bits per heavy atom. The second-order valence-corrected chi connectivity index (χ2v) is 8.06. The van der Waals surface area contributed by atoms with Gasteiger partial charge in [-0.1, -0.05) is 0 Å². The molecule has 3 atom stereocenters. The third-order valence-corrected chi connectivity index (χ3v) is 4.83. The van der Waals surface area contributed by atoms with Crippen molar-refractivity contribution < 1.29 is 14.3 Å². The summed E-state index contributed by atoms with van der Waals surface area (Å²) in [4.78, 5) is 14.1. The van der Waals surface area contributed by atoms with Crippen LogP contribution in [0.3, 0.4) is 0 Å². The number of likely N-dealkylation sites (tertiary alicyclic amines) is 1. The van der Waals surface area contributed by atoms with Gasteiger partial charge < -0.3 is 19.7 Å². The fraction of sp³-hybridized carbons (Fsp3) is 0.944. The summed E-state index contributed by atoms with van der Waals surface area (Å²) < 4.78 is 11.0. The number of carbonyl (C=O) groups excluding carboxylic acids is 1. The van der Waals surface area contributed by atoms with Crippen LogP contribution in [0.5, 0.6) is 0 Å². The van der Waals surface area contributed by atoms with Gasteiger partial charge in [0.1, 0.15) is 5.60 Å². The summed E-state index contributed by atoms with van der Waals surface area (Å²) in [5.74, 6) is 0.527. The van der Waals surface area contributed by atoms with Gasteiger partial charge in [0.15, 0.2) is 0 Å². The maximum Gasteiger partial charge on any atom is 0.410 e. The van der Waals surface area contributed by atoms with Crippen molar-refractivity contribution in [2.75, 3.05) is 26.7 Å². The quantitative estimate of drug-likeness (QED) is 0.862. The molecule has 1 saturated heterocycles. The molecule has 0 radical (unpaired) electrons. The molecular formula is C18H34N2O3. The smallest absolute Gasteiger partial charge is 0.410 e. The molecule has 0 aromatic rings. The maximum atomic E-state index is 12.2. The van der Waals surface area contributed by atoms with Crippen molar-refractivity contribution in [1.82, 2.24) is 10.2 Å². The molecule has 1 amide bonds. The molecule has 1 aliphatic carbocycles. The summed E-state index contributed by atoms with van der Waals surface area (Å²) in [5.41, 5.74) is -0.417. The fourth-order valence-corrected chi connectivity index (χ4v) is 3.60. The predicted octanol–water partition coefficient (Wildman–Crippen LogP) is 3.18. The first-order valence-electron chi connectivity index (χ1n) is 9.11. The number of hydrogen-bond acceptors (Lipinski definition) is 4. The number of ether oxygens (including phenoxy) is 2. The molecule has 0 aromatic heterocycles. The molecule has 134 valence electrons. The van der Waals surface area contributed by atoms with Crippen molar-refractivity contribution in [3.05, 3.63) is 0 Å². The average Bonchev–Trinajstić information content (AvgIpc) is 2.52. The molecule has 3 unspecified atom stereocenters. The van der Waals surface area contributed by atoms with Crippen LogP contribution in [0.4, 0.5) is 4.79 Å². The number of carbonyl (C=O) groups is 1. The van der Waals surface area contributed by atoms with E-state index in [0.717, 1.165) is 32.5 Å². The zero-order chi connectivity index (χ0) is 16.9. The van der Waals surface area contributed by atoms with E-state index >= 15 is 0 Å². The standard InChI is InChI=1S/C18H34N2O3/c1-18(2,3)23-17(21)20-10-6-7-14(13-20)12-19-15-8-5-9-16(11-15)22-4/h14-16,19H,5-13H2,1-4H3. The van der Waals surface area contributed by atoms with Crippen LogP contribution in [0.15, 0.2) is 0 Å². The molecule has 0 aromatic carbocycles. The van der Waals surface area contributed by atoms with E-state index in [9.17, 15) is 4.79 Å². The van der Waals surface area contributed by atoms with Crippen LogP contribution in [0, 0.1) is 5.92 Å². The van der Waals surface area contributed by atoms with Crippen molar-refractivity contribution in [2.45, 2.75) is 77.0 Å². The van der Waals surface area contributed by atoms with Crippen LogP contribution in [-0.2, 0) is 9.47 Å². The lowest BCUT2D eigenvalue weighted by molar-refractivity contribution is 0.0161. The Morgan fingerprint density at radius 2 is 2.00 bits per heavy atom. The molecule has 1 N–H and O–H groups in total. The van der Waals surface area contributed by atoms with Crippen LogP contribution in [0.2, 0.25) is 0 Å². The normalized spacial score (nSPS) is 29.4. The Hall–Kier alpha value is -0.810. The lowest BCUT2D eigenvalue weighted by atomic mass is 9.91. The SMILES string of the molecule is COC1CCCC(NCC2CCCN(C(=O)OC(C)(C)C)C2)C1. The first-order chi connectivity index (χ1) is 10.9. The number of rotatable bonds is 4. The Balaban J connectivity index is 1.74. The van der Waals surface area contributed by atoms with Gasteiger partial charge in [-0.15, -0.1) is 0 Å². The molecule has 2 fully saturated rings. The molecule has 1 heterocycles. The molecule has 0 bridgehead atoms. The minimum absolute atomic E-state index is 0.167. The molecule has 1 aliphatic heterocycles. The lowest BCUT2D eigenvalue weighted by Gasteiger charge is -2.35. The number of nitrogens with zero attached hydrogens (tertiary/aromatic N) is 1. The summed E-state index contributed by atoms with van der Waals surface area (Å²) in [5, 5.41) is 3.70. The molecule has 5 heteroatoms. The fourth-order valence-electron chi connectivity index (χ4n) is 3.60. The van der Waals surface area contributed by atoms with E-state index in [1.165, 1.54) is 25.7 Å². The largest absolute Gasteiger partial charge is 0.444 e. The highest BCUT2D eigenvalue weighted by molar-refractivity contribution is 5.68.